The first kappa shape index (κ1) is 12.7. The van der Waals surface area contributed by atoms with Crippen molar-refractivity contribution in [2.45, 2.75) is 20.3 Å². The van der Waals surface area contributed by atoms with Crippen molar-refractivity contribution < 1.29 is 14.3 Å². The third kappa shape index (κ3) is 2.25. The number of hydrogen-bond acceptors (Lipinski definition) is 3. The van der Waals surface area contributed by atoms with E-state index in [2.05, 4.69) is 13.8 Å². The van der Waals surface area contributed by atoms with E-state index in [1.807, 2.05) is 4.90 Å². The lowest BCUT2D eigenvalue weighted by atomic mass is 9.93. The fourth-order valence-electron chi connectivity index (χ4n) is 2.34. The molecule has 1 aliphatic heterocycles. The summed E-state index contributed by atoms with van der Waals surface area (Å²) >= 11 is 0. The first-order valence-corrected chi connectivity index (χ1v) is 5.87. The minimum Gasteiger partial charge on any atom is -0.478 e. The molecule has 1 saturated heterocycles. The smallest absolute Gasteiger partial charge is 0.338 e. The molecule has 18 heavy (non-hydrogen) atoms. The predicted molar refractivity (Wildman–Crippen MR) is 68.4 cm³/mol. The lowest BCUT2D eigenvalue weighted by Gasteiger charge is -2.23. The van der Waals surface area contributed by atoms with Crippen molar-refractivity contribution in [3.63, 3.8) is 0 Å². The van der Waals surface area contributed by atoms with E-state index < -0.39 is 11.8 Å². The molecule has 0 amide bonds. The van der Waals surface area contributed by atoms with Crippen molar-refractivity contribution in [2.24, 2.45) is 5.41 Å². The van der Waals surface area contributed by atoms with Crippen molar-refractivity contribution in [2.75, 3.05) is 23.7 Å². The van der Waals surface area contributed by atoms with E-state index in [9.17, 15) is 9.18 Å². The summed E-state index contributed by atoms with van der Waals surface area (Å²) in [6.07, 6.45) is 1.01. The Bertz CT molecular complexity index is 500. The molecule has 0 aromatic heterocycles. The van der Waals surface area contributed by atoms with Gasteiger partial charge in [-0.05, 0) is 17.9 Å². The predicted octanol–water partition coefficient (Wildman–Crippen LogP) is 2.34. The first-order chi connectivity index (χ1) is 8.30. The van der Waals surface area contributed by atoms with Gasteiger partial charge in [-0.25, -0.2) is 9.18 Å². The van der Waals surface area contributed by atoms with Crippen LogP contribution in [0.25, 0.3) is 0 Å². The molecule has 0 bridgehead atoms. The zero-order chi connectivity index (χ0) is 13.5. The van der Waals surface area contributed by atoms with Crippen LogP contribution in [0.1, 0.15) is 30.6 Å². The van der Waals surface area contributed by atoms with Gasteiger partial charge in [0.25, 0.3) is 0 Å². The van der Waals surface area contributed by atoms with E-state index in [0.717, 1.165) is 19.5 Å². The molecular weight excluding hydrogens is 235 g/mol. The summed E-state index contributed by atoms with van der Waals surface area (Å²) < 4.78 is 13.7. The number of hydrogen-bond donors (Lipinski definition) is 2. The maximum absolute atomic E-state index is 13.7. The van der Waals surface area contributed by atoms with Gasteiger partial charge in [-0.2, -0.15) is 0 Å². The lowest BCUT2D eigenvalue weighted by molar-refractivity contribution is 0.0692. The van der Waals surface area contributed by atoms with Gasteiger partial charge in [0.15, 0.2) is 0 Å². The SMILES string of the molecule is CC1(C)CCN(c2cc(F)c(C(=O)O)cc2N)C1. The largest absolute Gasteiger partial charge is 0.478 e. The van der Waals surface area contributed by atoms with Gasteiger partial charge in [0.1, 0.15) is 5.82 Å². The van der Waals surface area contributed by atoms with Gasteiger partial charge < -0.3 is 15.7 Å². The van der Waals surface area contributed by atoms with E-state index in [1.54, 1.807) is 0 Å². The molecule has 5 heteroatoms. The third-order valence-electron chi connectivity index (χ3n) is 3.36. The van der Waals surface area contributed by atoms with Crippen molar-refractivity contribution >= 4 is 17.3 Å². The Morgan fingerprint density at radius 1 is 1.50 bits per heavy atom. The summed E-state index contributed by atoms with van der Waals surface area (Å²) in [5.41, 5.74) is 6.52. The molecule has 1 fully saturated rings. The second-order valence-corrected chi connectivity index (χ2v) is 5.53. The Morgan fingerprint density at radius 3 is 2.67 bits per heavy atom. The molecule has 3 N–H and O–H groups in total. The molecule has 0 radical (unpaired) electrons. The molecule has 0 saturated carbocycles. The van der Waals surface area contributed by atoms with Crippen LogP contribution in [0, 0.1) is 11.2 Å². The monoisotopic (exact) mass is 252 g/mol. The van der Waals surface area contributed by atoms with Gasteiger partial charge in [0.05, 0.1) is 16.9 Å². The molecule has 0 spiro atoms. The number of halogens is 1. The van der Waals surface area contributed by atoms with E-state index >= 15 is 0 Å². The van der Waals surface area contributed by atoms with E-state index in [4.69, 9.17) is 10.8 Å². The summed E-state index contributed by atoms with van der Waals surface area (Å²) in [6, 6.07) is 2.42. The van der Waals surface area contributed by atoms with Gasteiger partial charge in [0.2, 0.25) is 0 Å². The standard InChI is InChI=1S/C13H17FN2O2/c1-13(2)3-4-16(7-13)11-6-9(14)8(12(17)18)5-10(11)15/h5-6H,3-4,7,15H2,1-2H3,(H,17,18). The van der Waals surface area contributed by atoms with Gasteiger partial charge >= 0.3 is 5.97 Å². The van der Waals surface area contributed by atoms with Crippen LogP contribution in [0.2, 0.25) is 0 Å². The number of rotatable bonds is 2. The number of nitrogens with zero attached hydrogens (tertiary/aromatic N) is 1. The van der Waals surface area contributed by atoms with Crippen LogP contribution in [0.15, 0.2) is 12.1 Å². The molecule has 1 aromatic rings. The molecule has 4 nitrogen and oxygen atoms in total. The number of anilines is 2. The number of benzene rings is 1. The summed E-state index contributed by atoms with van der Waals surface area (Å²) in [5, 5.41) is 8.82. The lowest BCUT2D eigenvalue weighted by Crippen LogP contribution is -2.24. The Labute approximate surface area is 105 Å². The molecule has 0 unspecified atom stereocenters. The highest BCUT2D eigenvalue weighted by Gasteiger charge is 2.30. The van der Waals surface area contributed by atoms with Crippen molar-refractivity contribution in [1.82, 2.24) is 0 Å². The minimum absolute atomic E-state index is 0.175. The normalized spacial score (nSPS) is 18.1. The highest BCUT2D eigenvalue weighted by molar-refractivity contribution is 5.91. The van der Waals surface area contributed by atoms with E-state index in [1.165, 1.54) is 12.1 Å². The molecule has 1 aliphatic rings. The second-order valence-electron chi connectivity index (χ2n) is 5.53. The topological polar surface area (TPSA) is 66.6 Å². The Hall–Kier alpha value is -1.78. The first-order valence-electron chi connectivity index (χ1n) is 5.87. The number of carboxylic acids is 1. The molecule has 98 valence electrons. The number of aromatic carboxylic acids is 1. The van der Waals surface area contributed by atoms with Crippen molar-refractivity contribution in [3.8, 4) is 0 Å². The van der Waals surface area contributed by atoms with Crippen LogP contribution < -0.4 is 10.6 Å². The van der Waals surface area contributed by atoms with E-state index in [-0.39, 0.29) is 11.0 Å². The van der Waals surface area contributed by atoms with E-state index in [0.29, 0.717) is 11.4 Å². The number of carboxylic acid groups (broad SMARTS) is 1. The van der Waals surface area contributed by atoms with Crippen LogP contribution in [-0.2, 0) is 0 Å². The van der Waals surface area contributed by atoms with Crippen LogP contribution in [0.4, 0.5) is 15.8 Å². The highest BCUT2D eigenvalue weighted by atomic mass is 19.1. The van der Waals surface area contributed by atoms with Gasteiger partial charge in [-0.3, -0.25) is 0 Å². The average Bonchev–Trinajstić information content (AvgIpc) is 2.61. The fraction of sp³-hybridized carbons (Fsp3) is 0.462. The summed E-state index contributed by atoms with van der Waals surface area (Å²) in [7, 11) is 0. The quantitative estimate of drug-likeness (QED) is 0.793. The number of nitrogen functional groups attached to an aromatic ring is 1. The maximum atomic E-state index is 13.7. The highest BCUT2D eigenvalue weighted by Crippen LogP contribution is 2.36. The average molecular weight is 252 g/mol. The number of nitrogens with two attached hydrogens (primary N) is 1. The maximum Gasteiger partial charge on any atom is 0.338 e. The minimum atomic E-state index is -1.30. The Morgan fingerprint density at radius 2 is 2.17 bits per heavy atom. The van der Waals surface area contributed by atoms with Crippen LogP contribution >= 0.6 is 0 Å². The number of carbonyl (C=O) groups is 1. The van der Waals surface area contributed by atoms with Crippen LogP contribution in [0.5, 0.6) is 0 Å². The Balaban J connectivity index is 2.36. The summed E-state index contributed by atoms with van der Waals surface area (Å²) in [4.78, 5) is 12.8. The molecule has 0 aliphatic carbocycles. The van der Waals surface area contributed by atoms with Gasteiger partial charge in [0, 0.05) is 19.2 Å². The summed E-state index contributed by atoms with van der Waals surface area (Å²) in [5.74, 6) is -2.04. The van der Waals surface area contributed by atoms with Crippen molar-refractivity contribution in [1.29, 1.82) is 0 Å². The Kier molecular flexibility index (Phi) is 2.92. The molecule has 1 heterocycles. The van der Waals surface area contributed by atoms with Gasteiger partial charge in [-0.1, -0.05) is 13.8 Å². The zero-order valence-electron chi connectivity index (χ0n) is 10.5. The summed E-state index contributed by atoms with van der Waals surface area (Å²) in [6.45, 7) is 5.89. The molecule has 2 rings (SSSR count). The second kappa shape index (κ2) is 4.15. The van der Waals surface area contributed by atoms with Crippen molar-refractivity contribution in [3.05, 3.63) is 23.5 Å². The molecular formula is C13H17FN2O2. The zero-order valence-corrected chi connectivity index (χ0v) is 10.5. The van der Waals surface area contributed by atoms with Crippen LogP contribution in [0.3, 0.4) is 0 Å². The molecule has 0 atom stereocenters. The van der Waals surface area contributed by atoms with Gasteiger partial charge in [-0.15, -0.1) is 0 Å². The fourth-order valence-corrected chi connectivity index (χ4v) is 2.34. The molecule has 1 aromatic carbocycles. The third-order valence-corrected chi connectivity index (χ3v) is 3.36. The van der Waals surface area contributed by atoms with Crippen LogP contribution in [-0.4, -0.2) is 24.2 Å².